The van der Waals surface area contributed by atoms with Gasteiger partial charge in [-0.25, -0.2) is 4.39 Å². The maximum Gasteiger partial charge on any atom is 0.264 e. The van der Waals surface area contributed by atoms with E-state index in [4.69, 9.17) is 9.26 Å². The molecule has 2 aromatic rings. The fourth-order valence-electron chi connectivity index (χ4n) is 1.72. The number of ether oxygens (including phenoxy) is 1. The van der Waals surface area contributed by atoms with E-state index in [2.05, 4.69) is 10.1 Å². The molecule has 1 fully saturated rings. The highest BCUT2D eigenvalue weighted by atomic mass is 19.1. The molecule has 1 aliphatic carbocycles. The van der Waals surface area contributed by atoms with Crippen LogP contribution in [0.5, 0.6) is 5.75 Å². The summed E-state index contributed by atoms with van der Waals surface area (Å²) in [7, 11) is 0. The van der Waals surface area contributed by atoms with Crippen molar-refractivity contribution in [2.24, 2.45) is 0 Å². The molecule has 0 bridgehead atoms. The third-order valence-electron chi connectivity index (χ3n) is 2.88. The Balaban J connectivity index is 1.69. The second kappa shape index (κ2) is 4.79. The smallest absolute Gasteiger partial charge is 0.264 e. The molecule has 0 aliphatic heterocycles. The molecule has 19 heavy (non-hydrogen) atoms. The standard InChI is InChI=1S/C13H11FN2O3/c14-10-3-4-11(9(5-10)6-17)18-7-12-15-13(16-19-12)8-1-2-8/h3-6,8H,1-2,7H2. The molecule has 1 saturated carbocycles. The zero-order valence-corrected chi connectivity index (χ0v) is 10.0. The Labute approximate surface area is 108 Å². The predicted octanol–water partition coefficient (Wildman–Crippen LogP) is 2.48. The van der Waals surface area contributed by atoms with Crippen LogP contribution in [0, 0.1) is 5.82 Å². The van der Waals surface area contributed by atoms with E-state index in [-0.39, 0.29) is 12.2 Å². The van der Waals surface area contributed by atoms with Gasteiger partial charge in [-0.1, -0.05) is 5.16 Å². The average Bonchev–Trinajstić information content (AvgIpc) is 3.17. The van der Waals surface area contributed by atoms with Gasteiger partial charge in [-0.05, 0) is 31.0 Å². The highest BCUT2D eigenvalue weighted by Crippen LogP contribution is 2.38. The number of hydrogen-bond donors (Lipinski definition) is 0. The molecule has 0 radical (unpaired) electrons. The third-order valence-corrected chi connectivity index (χ3v) is 2.88. The van der Waals surface area contributed by atoms with Crippen molar-refractivity contribution in [3.63, 3.8) is 0 Å². The van der Waals surface area contributed by atoms with Crippen LogP contribution < -0.4 is 4.74 Å². The number of aromatic nitrogens is 2. The molecule has 6 heteroatoms. The molecule has 0 saturated heterocycles. The van der Waals surface area contributed by atoms with Gasteiger partial charge in [0.05, 0.1) is 5.56 Å². The van der Waals surface area contributed by atoms with Gasteiger partial charge in [-0.2, -0.15) is 4.98 Å². The van der Waals surface area contributed by atoms with Crippen molar-refractivity contribution in [1.29, 1.82) is 0 Å². The van der Waals surface area contributed by atoms with Gasteiger partial charge in [-0.15, -0.1) is 0 Å². The Bertz CT molecular complexity index is 608. The number of hydrogen-bond acceptors (Lipinski definition) is 5. The number of halogens is 1. The van der Waals surface area contributed by atoms with Crippen LogP contribution in [0.1, 0.15) is 40.8 Å². The zero-order chi connectivity index (χ0) is 13.2. The second-order valence-corrected chi connectivity index (χ2v) is 4.41. The van der Waals surface area contributed by atoms with Gasteiger partial charge >= 0.3 is 0 Å². The van der Waals surface area contributed by atoms with E-state index in [9.17, 15) is 9.18 Å². The summed E-state index contributed by atoms with van der Waals surface area (Å²) in [6.07, 6.45) is 2.72. The highest BCUT2D eigenvalue weighted by Gasteiger charge is 2.28. The molecule has 0 N–H and O–H groups in total. The minimum Gasteiger partial charge on any atom is -0.483 e. The maximum atomic E-state index is 12.9. The molecular formula is C13H11FN2O3. The molecule has 0 unspecified atom stereocenters. The molecule has 0 spiro atoms. The Morgan fingerprint density at radius 3 is 3.05 bits per heavy atom. The van der Waals surface area contributed by atoms with Gasteiger partial charge in [0.2, 0.25) is 0 Å². The molecular weight excluding hydrogens is 251 g/mol. The SMILES string of the molecule is O=Cc1cc(F)ccc1OCc1nc(C2CC2)no1. The highest BCUT2D eigenvalue weighted by molar-refractivity contribution is 5.79. The molecule has 1 aromatic carbocycles. The lowest BCUT2D eigenvalue weighted by molar-refractivity contribution is 0.111. The van der Waals surface area contributed by atoms with Crippen LogP contribution in [-0.2, 0) is 6.61 Å². The van der Waals surface area contributed by atoms with Crippen LogP contribution >= 0.6 is 0 Å². The summed E-state index contributed by atoms with van der Waals surface area (Å²) in [6.45, 7) is 0.0617. The summed E-state index contributed by atoms with van der Waals surface area (Å²) in [4.78, 5) is 15.0. The molecule has 1 aliphatic rings. The number of nitrogens with zero attached hydrogens (tertiary/aromatic N) is 2. The van der Waals surface area contributed by atoms with Crippen molar-refractivity contribution < 1.29 is 18.4 Å². The Hall–Kier alpha value is -2.24. The van der Waals surface area contributed by atoms with Gasteiger partial charge in [0.15, 0.2) is 18.7 Å². The van der Waals surface area contributed by atoms with Crippen molar-refractivity contribution in [3.8, 4) is 5.75 Å². The van der Waals surface area contributed by atoms with E-state index in [1.54, 1.807) is 0 Å². The average molecular weight is 262 g/mol. The summed E-state index contributed by atoms with van der Waals surface area (Å²) < 4.78 is 23.4. The fourth-order valence-corrected chi connectivity index (χ4v) is 1.72. The summed E-state index contributed by atoms with van der Waals surface area (Å²) in [5.41, 5.74) is 0.155. The first-order chi connectivity index (χ1) is 9.26. The van der Waals surface area contributed by atoms with Crippen molar-refractivity contribution in [3.05, 3.63) is 41.3 Å². The van der Waals surface area contributed by atoms with Gasteiger partial charge in [0.25, 0.3) is 5.89 Å². The van der Waals surface area contributed by atoms with Crippen molar-refractivity contribution >= 4 is 6.29 Å². The van der Waals surface area contributed by atoms with E-state index >= 15 is 0 Å². The van der Waals surface area contributed by atoms with Gasteiger partial charge in [0.1, 0.15) is 11.6 Å². The molecule has 3 rings (SSSR count). The first kappa shape index (κ1) is 11.8. The number of aldehydes is 1. The van der Waals surface area contributed by atoms with E-state index < -0.39 is 5.82 Å². The maximum absolute atomic E-state index is 12.9. The van der Waals surface area contributed by atoms with E-state index in [1.165, 1.54) is 12.1 Å². The van der Waals surface area contributed by atoms with Gasteiger partial charge in [0, 0.05) is 5.92 Å². The van der Waals surface area contributed by atoms with Crippen LogP contribution in [-0.4, -0.2) is 16.4 Å². The van der Waals surface area contributed by atoms with Crippen LogP contribution in [0.2, 0.25) is 0 Å². The second-order valence-electron chi connectivity index (χ2n) is 4.41. The first-order valence-electron chi connectivity index (χ1n) is 5.96. The predicted molar refractivity (Wildman–Crippen MR) is 62.4 cm³/mol. The van der Waals surface area contributed by atoms with E-state index in [0.717, 1.165) is 18.9 Å². The number of carbonyl (C=O) groups is 1. The molecule has 5 nitrogen and oxygen atoms in total. The molecule has 0 amide bonds. The Morgan fingerprint density at radius 2 is 2.32 bits per heavy atom. The van der Waals surface area contributed by atoms with Crippen molar-refractivity contribution in [2.75, 3.05) is 0 Å². The number of carbonyl (C=O) groups excluding carboxylic acids is 1. The van der Waals surface area contributed by atoms with E-state index in [1.807, 2.05) is 0 Å². The normalized spacial score (nSPS) is 14.4. The summed E-state index contributed by atoms with van der Waals surface area (Å²) in [5.74, 6) is 1.27. The summed E-state index contributed by atoms with van der Waals surface area (Å²) >= 11 is 0. The van der Waals surface area contributed by atoms with Gasteiger partial charge in [-0.3, -0.25) is 4.79 Å². The zero-order valence-electron chi connectivity index (χ0n) is 10.0. The van der Waals surface area contributed by atoms with Crippen LogP contribution in [0.25, 0.3) is 0 Å². The molecule has 1 heterocycles. The summed E-state index contributed by atoms with van der Waals surface area (Å²) in [5, 5.41) is 3.85. The van der Waals surface area contributed by atoms with Crippen LogP contribution in [0.3, 0.4) is 0 Å². The minimum absolute atomic E-state index is 0.0617. The Kier molecular flexibility index (Phi) is 2.98. The van der Waals surface area contributed by atoms with Crippen molar-refractivity contribution in [1.82, 2.24) is 10.1 Å². The van der Waals surface area contributed by atoms with Crippen molar-refractivity contribution in [2.45, 2.75) is 25.4 Å². The lowest BCUT2D eigenvalue weighted by Gasteiger charge is -2.05. The summed E-state index contributed by atoms with van der Waals surface area (Å²) in [6, 6.07) is 3.74. The number of rotatable bonds is 5. The monoisotopic (exact) mass is 262 g/mol. The number of benzene rings is 1. The Morgan fingerprint density at radius 1 is 1.47 bits per heavy atom. The lowest BCUT2D eigenvalue weighted by Crippen LogP contribution is -1.99. The van der Waals surface area contributed by atoms with E-state index in [0.29, 0.717) is 29.7 Å². The minimum atomic E-state index is -0.483. The topological polar surface area (TPSA) is 65.2 Å². The van der Waals surface area contributed by atoms with Crippen LogP contribution in [0.4, 0.5) is 4.39 Å². The molecule has 98 valence electrons. The third kappa shape index (κ3) is 2.62. The lowest BCUT2D eigenvalue weighted by atomic mass is 10.2. The fraction of sp³-hybridized carbons (Fsp3) is 0.308. The quantitative estimate of drug-likeness (QED) is 0.774. The van der Waals surface area contributed by atoms with Gasteiger partial charge < -0.3 is 9.26 Å². The largest absolute Gasteiger partial charge is 0.483 e. The van der Waals surface area contributed by atoms with Crippen LogP contribution in [0.15, 0.2) is 22.7 Å². The molecule has 1 aromatic heterocycles. The molecule has 0 atom stereocenters. The first-order valence-corrected chi connectivity index (χ1v) is 5.96.